The number of hydrogen-bond acceptors (Lipinski definition) is 5. The highest BCUT2D eigenvalue weighted by molar-refractivity contribution is 5.36. The second-order valence-corrected chi connectivity index (χ2v) is 5.97. The highest BCUT2D eigenvalue weighted by atomic mass is 16.1. The van der Waals surface area contributed by atoms with Crippen LogP contribution >= 0.6 is 0 Å². The number of nitrogens with one attached hydrogen (secondary N) is 1. The quantitative estimate of drug-likeness (QED) is 0.882. The summed E-state index contributed by atoms with van der Waals surface area (Å²) in [6, 6.07) is 2.40. The van der Waals surface area contributed by atoms with Crippen molar-refractivity contribution >= 4 is 5.82 Å². The number of anilines is 1. The van der Waals surface area contributed by atoms with Crippen LogP contribution in [-0.2, 0) is 20.1 Å². The van der Waals surface area contributed by atoms with E-state index < -0.39 is 0 Å². The van der Waals surface area contributed by atoms with E-state index >= 15 is 0 Å². The molecule has 0 saturated carbocycles. The molecule has 3 heterocycles. The first-order valence-corrected chi connectivity index (χ1v) is 8.19. The summed E-state index contributed by atoms with van der Waals surface area (Å²) in [5.41, 5.74) is 1.16. The maximum Gasteiger partial charge on any atom is 0.293 e. The van der Waals surface area contributed by atoms with Gasteiger partial charge in [-0.1, -0.05) is 0 Å². The molecular formula is C16H24N6O. The Morgan fingerprint density at radius 3 is 3.09 bits per heavy atom. The van der Waals surface area contributed by atoms with Crippen LogP contribution in [-0.4, -0.2) is 38.5 Å². The van der Waals surface area contributed by atoms with Gasteiger partial charge in [-0.2, -0.15) is 5.10 Å². The zero-order chi connectivity index (χ0) is 16.2. The highest BCUT2D eigenvalue weighted by Crippen LogP contribution is 2.15. The minimum absolute atomic E-state index is 0.0304. The molecule has 23 heavy (non-hydrogen) atoms. The fraction of sp³-hybridized carbons (Fsp3) is 0.562. The Bertz CT molecular complexity index is 707. The van der Waals surface area contributed by atoms with Gasteiger partial charge in [0.25, 0.3) is 5.56 Å². The van der Waals surface area contributed by atoms with Crippen LogP contribution in [0.2, 0.25) is 0 Å². The van der Waals surface area contributed by atoms with Crippen molar-refractivity contribution in [2.45, 2.75) is 38.9 Å². The predicted octanol–water partition coefficient (Wildman–Crippen LogP) is 0.755. The minimum atomic E-state index is -0.0304. The van der Waals surface area contributed by atoms with Gasteiger partial charge in [-0.15, -0.1) is 0 Å². The van der Waals surface area contributed by atoms with E-state index in [9.17, 15) is 4.79 Å². The summed E-state index contributed by atoms with van der Waals surface area (Å²) in [4.78, 5) is 18.6. The Kier molecular flexibility index (Phi) is 4.76. The number of rotatable bonds is 5. The van der Waals surface area contributed by atoms with E-state index in [4.69, 9.17) is 0 Å². The molecule has 1 N–H and O–H groups in total. The zero-order valence-corrected chi connectivity index (χ0v) is 13.8. The number of aromatic nitrogens is 4. The lowest BCUT2D eigenvalue weighted by Gasteiger charge is -2.33. The van der Waals surface area contributed by atoms with E-state index in [0.717, 1.165) is 39.0 Å². The van der Waals surface area contributed by atoms with Gasteiger partial charge in [0.1, 0.15) is 0 Å². The van der Waals surface area contributed by atoms with E-state index in [-0.39, 0.29) is 5.56 Å². The summed E-state index contributed by atoms with van der Waals surface area (Å²) in [5.74, 6) is 0.556. The average molecular weight is 316 g/mol. The summed E-state index contributed by atoms with van der Waals surface area (Å²) in [7, 11) is 1.76. The molecule has 1 saturated heterocycles. The van der Waals surface area contributed by atoms with E-state index in [1.165, 1.54) is 5.69 Å². The molecule has 2 aromatic rings. The van der Waals surface area contributed by atoms with E-state index in [1.54, 1.807) is 24.0 Å². The Labute approximate surface area is 135 Å². The SMILES string of the molecule is CCn1nccc1CNC1CCCN(c2nccn(C)c2=O)C1. The molecular weight excluding hydrogens is 292 g/mol. The number of piperidine rings is 1. The Morgan fingerprint density at radius 1 is 1.39 bits per heavy atom. The molecule has 2 aromatic heterocycles. The predicted molar refractivity (Wildman–Crippen MR) is 89.5 cm³/mol. The van der Waals surface area contributed by atoms with Gasteiger partial charge in [0.15, 0.2) is 5.82 Å². The zero-order valence-electron chi connectivity index (χ0n) is 13.8. The molecule has 7 nitrogen and oxygen atoms in total. The molecule has 0 spiro atoms. The smallest absolute Gasteiger partial charge is 0.293 e. The Hall–Kier alpha value is -2.15. The van der Waals surface area contributed by atoms with Gasteiger partial charge >= 0.3 is 0 Å². The van der Waals surface area contributed by atoms with Gasteiger partial charge in [0, 0.05) is 57.9 Å². The first-order chi connectivity index (χ1) is 11.2. The van der Waals surface area contributed by atoms with Crippen LogP contribution in [0.5, 0.6) is 0 Å². The fourth-order valence-electron chi connectivity index (χ4n) is 3.08. The lowest BCUT2D eigenvalue weighted by atomic mass is 10.1. The molecule has 3 rings (SSSR count). The first kappa shape index (κ1) is 15.7. The van der Waals surface area contributed by atoms with Crippen LogP contribution in [0.1, 0.15) is 25.5 Å². The molecule has 0 bridgehead atoms. The van der Waals surface area contributed by atoms with Crippen molar-refractivity contribution in [1.29, 1.82) is 0 Å². The highest BCUT2D eigenvalue weighted by Gasteiger charge is 2.22. The van der Waals surface area contributed by atoms with Crippen molar-refractivity contribution in [2.24, 2.45) is 7.05 Å². The number of hydrogen-bond donors (Lipinski definition) is 1. The van der Waals surface area contributed by atoms with Crippen molar-refractivity contribution in [3.8, 4) is 0 Å². The molecule has 1 unspecified atom stereocenters. The topological polar surface area (TPSA) is 68.0 Å². The molecule has 0 aliphatic carbocycles. The van der Waals surface area contributed by atoms with E-state index in [1.807, 2.05) is 16.9 Å². The molecule has 0 amide bonds. The Morgan fingerprint density at radius 2 is 2.26 bits per heavy atom. The summed E-state index contributed by atoms with van der Waals surface area (Å²) in [6.07, 6.45) is 7.39. The second kappa shape index (κ2) is 6.95. The van der Waals surface area contributed by atoms with Crippen LogP contribution in [0.25, 0.3) is 0 Å². The molecule has 1 fully saturated rings. The van der Waals surface area contributed by atoms with Crippen molar-refractivity contribution in [3.05, 3.63) is 40.7 Å². The molecule has 0 aromatic carbocycles. The van der Waals surface area contributed by atoms with Crippen molar-refractivity contribution in [1.82, 2.24) is 24.6 Å². The molecule has 0 radical (unpaired) electrons. The molecule has 1 aliphatic heterocycles. The standard InChI is InChI=1S/C16H24N6O/c1-3-22-14(6-7-19-22)11-18-13-5-4-9-21(12-13)15-16(23)20(2)10-8-17-15/h6-8,10,13,18H,3-5,9,11-12H2,1-2H3. The summed E-state index contributed by atoms with van der Waals surface area (Å²) in [5, 5.41) is 7.89. The molecule has 124 valence electrons. The van der Waals surface area contributed by atoms with Gasteiger partial charge < -0.3 is 14.8 Å². The second-order valence-electron chi connectivity index (χ2n) is 5.97. The Balaban J connectivity index is 1.64. The minimum Gasteiger partial charge on any atom is -0.350 e. The molecule has 1 atom stereocenters. The molecule has 7 heteroatoms. The molecule has 1 aliphatic rings. The van der Waals surface area contributed by atoms with Gasteiger partial charge in [0.2, 0.25) is 0 Å². The summed E-state index contributed by atoms with van der Waals surface area (Å²) in [6.45, 7) is 5.47. The number of nitrogens with zero attached hydrogens (tertiary/aromatic N) is 5. The van der Waals surface area contributed by atoms with Gasteiger partial charge in [-0.3, -0.25) is 9.48 Å². The van der Waals surface area contributed by atoms with E-state index in [0.29, 0.717) is 11.9 Å². The first-order valence-electron chi connectivity index (χ1n) is 8.19. The van der Waals surface area contributed by atoms with Crippen LogP contribution < -0.4 is 15.8 Å². The fourth-order valence-corrected chi connectivity index (χ4v) is 3.08. The van der Waals surface area contributed by atoms with Gasteiger partial charge in [-0.25, -0.2) is 4.98 Å². The van der Waals surface area contributed by atoms with Gasteiger partial charge in [0.05, 0.1) is 5.69 Å². The largest absolute Gasteiger partial charge is 0.350 e. The van der Waals surface area contributed by atoms with Crippen molar-refractivity contribution in [3.63, 3.8) is 0 Å². The monoisotopic (exact) mass is 316 g/mol. The third kappa shape index (κ3) is 3.44. The average Bonchev–Trinajstić information content (AvgIpc) is 3.03. The van der Waals surface area contributed by atoms with Crippen molar-refractivity contribution in [2.75, 3.05) is 18.0 Å². The van der Waals surface area contributed by atoms with Crippen molar-refractivity contribution < 1.29 is 0 Å². The lowest BCUT2D eigenvalue weighted by molar-refractivity contribution is 0.411. The van der Waals surface area contributed by atoms with Crippen LogP contribution in [0.15, 0.2) is 29.5 Å². The number of aryl methyl sites for hydroxylation is 2. The van der Waals surface area contributed by atoms with Gasteiger partial charge in [-0.05, 0) is 25.8 Å². The summed E-state index contributed by atoms with van der Waals surface area (Å²) < 4.78 is 3.58. The van der Waals surface area contributed by atoms with Crippen LogP contribution in [0.4, 0.5) is 5.82 Å². The van der Waals surface area contributed by atoms with E-state index in [2.05, 4.69) is 27.2 Å². The third-order valence-electron chi connectivity index (χ3n) is 4.40. The maximum absolute atomic E-state index is 12.2. The normalized spacial score (nSPS) is 18.3. The maximum atomic E-state index is 12.2. The summed E-state index contributed by atoms with van der Waals surface area (Å²) >= 11 is 0. The third-order valence-corrected chi connectivity index (χ3v) is 4.40. The lowest BCUT2D eigenvalue weighted by Crippen LogP contribution is -2.47. The van der Waals surface area contributed by atoms with Crippen LogP contribution in [0.3, 0.4) is 0 Å². The van der Waals surface area contributed by atoms with Crippen LogP contribution in [0, 0.1) is 0 Å².